The molecule has 0 aliphatic carbocycles. The molecule has 3 aromatic heterocycles. The Kier molecular flexibility index (Phi) is 4.16. The van der Waals surface area contributed by atoms with Gasteiger partial charge >= 0.3 is 0 Å². The largest absolute Gasteiger partial charge is 0.451 e. The molecule has 1 aromatic carbocycles. The summed E-state index contributed by atoms with van der Waals surface area (Å²) in [6, 6.07) is 14.8. The molecule has 3 heterocycles. The highest BCUT2D eigenvalue weighted by Gasteiger charge is 2.23. The van der Waals surface area contributed by atoms with Gasteiger partial charge in [0.25, 0.3) is 5.91 Å². The zero-order chi connectivity index (χ0) is 18.1. The Bertz CT molecular complexity index is 1030. The smallest absolute Gasteiger partial charge is 0.287 e. The van der Waals surface area contributed by atoms with E-state index in [1.807, 2.05) is 53.1 Å². The predicted molar refractivity (Wildman–Crippen MR) is 98.9 cm³/mol. The van der Waals surface area contributed by atoms with Crippen LogP contribution in [0.1, 0.15) is 42.7 Å². The molecule has 4 aromatic rings. The molecule has 1 amide bonds. The number of carbonyl (C=O) groups excluding carboxylic acids is 1. The molecule has 0 bridgehead atoms. The average Bonchev–Trinajstić information content (AvgIpc) is 3.25. The Morgan fingerprint density at radius 2 is 1.96 bits per heavy atom. The Morgan fingerprint density at radius 3 is 2.77 bits per heavy atom. The number of aromatic nitrogens is 3. The van der Waals surface area contributed by atoms with Gasteiger partial charge in [-0.3, -0.25) is 9.20 Å². The Morgan fingerprint density at radius 1 is 1.15 bits per heavy atom. The summed E-state index contributed by atoms with van der Waals surface area (Å²) in [6.45, 7) is 4.23. The lowest BCUT2D eigenvalue weighted by atomic mass is 10.0. The molecule has 0 unspecified atom stereocenters. The Balaban J connectivity index is 1.65. The minimum absolute atomic E-state index is 0.250. The third kappa shape index (κ3) is 3.06. The van der Waals surface area contributed by atoms with Crippen LogP contribution in [0.3, 0.4) is 0 Å². The van der Waals surface area contributed by atoms with E-state index in [4.69, 9.17) is 4.42 Å². The van der Waals surface area contributed by atoms with Crippen molar-refractivity contribution >= 4 is 22.5 Å². The quantitative estimate of drug-likeness (QED) is 0.592. The molecule has 0 aliphatic rings. The highest BCUT2D eigenvalue weighted by atomic mass is 16.3. The fourth-order valence-corrected chi connectivity index (χ4v) is 3.12. The molecule has 0 aliphatic heterocycles. The molecule has 0 saturated carbocycles. The molecule has 0 radical (unpaired) electrons. The van der Waals surface area contributed by atoms with Crippen LogP contribution < -0.4 is 5.32 Å². The van der Waals surface area contributed by atoms with E-state index in [9.17, 15) is 4.79 Å². The van der Waals surface area contributed by atoms with Crippen molar-refractivity contribution in [2.75, 3.05) is 0 Å². The van der Waals surface area contributed by atoms with Gasteiger partial charge in [-0.2, -0.15) is 0 Å². The normalized spacial score (nSPS) is 12.7. The van der Waals surface area contributed by atoms with Crippen LogP contribution in [-0.4, -0.2) is 20.5 Å². The first kappa shape index (κ1) is 16.3. The summed E-state index contributed by atoms with van der Waals surface area (Å²) in [5, 5.41) is 12.5. The van der Waals surface area contributed by atoms with Gasteiger partial charge in [0.15, 0.2) is 17.2 Å². The molecule has 6 nitrogen and oxygen atoms in total. The minimum Gasteiger partial charge on any atom is -0.451 e. The van der Waals surface area contributed by atoms with E-state index < -0.39 is 0 Å². The van der Waals surface area contributed by atoms with E-state index in [0.717, 1.165) is 23.3 Å². The molecule has 1 atom stereocenters. The number of fused-ring (bicyclic) bond motifs is 2. The summed E-state index contributed by atoms with van der Waals surface area (Å²) in [6.07, 6.45) is 2.66. The summed E-state index contributed by atoms with van der Waals surface area (Å²) in [7, 11) is 0. The molecule has 6 heteroatoms. The van der Waals surface area contributed by atoms with Gasteiger partial charge in [-0.25, -0.2) is 0 Å². The van der Waals surface area contributed by atoms with E-state index in [2.05, 4.69) is 29.4 Å². The summed E-state index contributed by atoms with van der Waals surface area (Å²) >= 11 is 0. The van der Waals surface area contributed by atoms with Gasteiger partial charge in [-0.15, -0.1) is 10.2 Å². The van der Waals surface area contributed by atoms with Crippen molar-refractivity contribution in [3.05, 3.63) is 66.3 Å². The van der Waals surface area contributed by atoms with Gasteiger partial charge in [0.1, 0.15) is 5.58 Å². The topological polar surface area (TPSA) is 72.4 Å². The SMILES string of the molecule is CC(C)C[C@@H](NC(=O)c1cc2ccccc2o1)c1nnc2ccccn12. The number of benzene rings is 1. The van der Waals surface area contributed by atoms with Crippen molar-refractivity contribution in [3.63, 3.8) is 0 Å². The standard InChI is InChI=1S/C20H20N4O2/c1-13(2)11-15(19-23-22-18-9-5-6-10-24(18)19)21-20(25)17-12-14-7-3-4-8-16(14)26-17/h3-10,12-13,15H,11H2,1-2H3,(H,21,25)/t15-/m1/s1. The summed E-state index contributed by atoms with van der Waals surface area (Å²) in [5.74, 6) is 1.15. The first-order chi connectivity index (χ1) is 12.6. The fraction of sp³-hybridized carbons (Fsp3) is 0.250. The van der Waals surface area contributed by atoms with Gasteiger partial charge in [-0.05, 0) is 36.6 Å². The maximum absolute atomic E-state index is 12.8. The number of nitrogens with zero attached hydrogens (tertiary/aromatic N) is 3. The zero-order valence-corrected chi connectivity index (χ0v) is 14.7. The van der Waals surface area contributed by atoms with Crippen LogP contribution in [0.15, 0.2) is 59.1 Å². The van der Waals surface area contributed by atoms with Crippen LogP contribution in [0.4, 0.5) is 0 Å². The van der Waals surface area contributed by atoms with E-state index in [0.29, 0.717) is 17.3 Å². The van der Waals surface area contributed by atoms with E-state index in [1.165, 1.54) is 0 Å². The van der Waals surface area contributed by atoms with E-state index >= 15 is 0 Å². The maximum Gasteiger partial charge on any atom is 0.287 e. The zero-order valence-electron chi connectivity index (χ0n) is 14.7. The lowest BCUT2D eigenvalue weighted by Gasteiger charge is -2.18. The van der Waals surface area contributed by atoms with Gasteiger partial charge in [-0.1, -0.05) is 38.1 Å². The lowest BCUT2D eigenvalue weighted by molar-refractivity contribution is 0.0903. The number of hydrogen-bond donors (Lipinski definition) is 1. The highest BCUT2D eigenvalue weighted by Crippen LogP contribution is 2.23. The van der Waals surface area contributed by atoms with Crippen LogP contribution in [0.25, 0.3) is 16.6 Å². The number of hydrogen-bond acceptors (Lipinski definition) is 4. The van der Waals surface area contributed by atoms with Crippen LogP contribution >= 0.6 is 0 Å². The molecule has 0 fully saturated rings. The molecule has 4 rings (SSSR count). The fourth-order valence-electron chi connectivity index (χ4n) is 3.12. The second-order valence-electron chi connectivity index (χ2n) is 6.79. The van der Waals surface area contributed by atoms with Crippen molar-refractivity contribution in [2.45, 2.75) is 26.3 Å². The number of pyridine rings is 1. The van der Waals surface area contributed by atoms with Gasteiger partial charge in [0.05, 0.1) is 6.04 Å². The first-order valence-electron chi connectivity index (χ1n) is 8.71. The molecule has 0 saturated heterocycles. The van der Waals surface area contributed by atoms with Gasteiger partial charge in [0, 0.05) is 11.6 Å². The van der Waals surface area contributed by atoms with E-state index in [-0.39, 0.29) is 11.9 Å². The van der Waals surface area contributed by atoms with Crippen molar-refractivity contribution in [2.24, 2.45) is 5.92 Å². The van der Waals surface area contributed by atoms with Crippen molar-refractivity contribution in [1.82, 2.24) is 19.9 Å². The van der Waals surface area contributed by atoms with Crippen LogP contribution in [0.5, 0.6) is 0 Å². The van der Waals surface area contributed by atoms with Crippen LogP contribution in [0.2, 0.25) is 0 Å². The molecule has 1 N–H and O–H groups in total. The Labute approximate surface area is 150 Å². The third-order valence-electron chi connectivity index (χ3n) is 4.31. The van der Waals surface area contributed by atoms with Crippen molar-refractivity contribution in [1.29, 1.82) is 0 Å². The molecule has 0 spiro atoms. The molecular formula is C20H20N4O2. The van der Waals surface area contributed by atoms with Gasteiger partial charge in [0.2, 0.25) is 0 Å². The van der Waals surface area contributed by atoms with Gasteiger partial charge < -0.3 is 9.73 Å². The number of furan rings is 1. The minimum atomic E-state index is -0.256. The Hall–Kier alpha value is -3.15. The highest BCUT2D eigenvalue weighted by molar-refractivity contribution is 5.96. The predicted octanol–water partition coefficient (Wildman–Crippen LogP) is 3.99. The third-order valence-corrected chi connectivity index (χ3v) is 4.31. The first-order valence-corrected chi connectivity index (χ1v) is 8.71. The summed E-state index contributed by atoms with van der Waals surface area (Å²) < 4.78 is 7.59. The molecule has 26 heavy (non-hydrogen) atoms. The molecule has 132 valence electrons. The van der Waals surface area contributed by atoms with Crippen molar-refractivity contribution in [3.8, 4) is 0 Å². The second kappa shape index (κ2) is 6.63. The number of amides is 1. The average molecular weight is 348 g/mol. The maximum atomic E-state index is 12.8. The number of nitrogens with one attached hydrogen (secondary N) is 1. The van der Waals surface area contributed by atoms with Crippen molar-refractivity contribution < 1.29 is 9.21 Å². The second-order valence-corrected chi connectivity index (χ2v) is 6.79. The summed E-state index contributed by atoms with van der Waals surface area (Å²) in [4.78, 5) is 12.8. The lowest BCUT2D eigenvalue weighted by Crippen LogP contribution is -2.30. The summed E-state index contributed by atoms with van der Waals surface area (Å²) in [5.41, 5.74) is 1.46. The number of carbonyl (C=O) groups is 1. The molecular weight excluding hydrogens is 328 g/mol. The monoisotopic (exact) mass is 348 g/mol. The van der Waals surface area contributed by atoms with Crippen LogP contribution in [-0.2, 0) is 0 Å². The van der Waals surface area contributed by atoms with Crippen LogP contribution in [0, 0.1) is 5.92 Å². The van der Waals surface area contributed by atoms with E-state index in [1.54, 1.807) is 6.07 Å². The number of para-hydroxylation sites is 1. The number of rotatable bonds is 5.